The van der Waals surface area contributed by atoms with Crippen LogP contribution in [0.15, 0.2) is 0 Å². The van der Waals surface area contributed by atoms with Crippen LogP contribution in [-0.2, 0) is 4.79 Å². The molecular formula is C10H19BrO. The van der Waals surface area contributed by atoms with Gasteiger partial charge >= 0.3 is 0 Å². The minimum Gasteiger partial charge on any atom is -0.303 e. The van der Waals surface area contributed by atoms with Crippen LogP contribution in [0.5, 0.6) is 0 Å². The van der Waals surface area contributed by atoms with E-state index in [9.17, 15) is 4.79 Å². The summed E-state index contributed by atoms with van der Waals surface area (Å²) in [4.78, 5) is 10.7. The fourth-order valence-electron chi connectivity index (χ4n) is 1.16. The van der Waals surface area contributed by atoms with Crippen molar-refractivity contribution in [1.29, 1.82) is 0 Å². The first kappa shape index (κ1) is 12.2. The van der Waals surface area contributed by atoms with Crippen LogP contribution in [-0.4, -0.2) is 11.1 Å². The lowest BCUT2D eigenvalue weighted by Crippen LogP contribution is -1.97. The second-order valence-electron chi connectivity index (χ2n) is 3.19. The Morgan fingerprint density at radius 2 is 1.92 bits per heavy atom. The molecule has 0 aromatic heterocycles. The molecule has 0 amide bonds. The molecule has 0 saturated carbocycles. The lowest BCUT2D eigenvalue weighted by atomic mass is 10.1. The number of halogens is 1. The molecule has 1 unspecified atom stereocenters. The van der Waals surface area contributed by atoms with E-state index in [1.54, 1.807) is 0 Å². The zero-order chi connectivity index (χ0) is 9.23. The molecule has 0 bridgehead atoms. The largest absolute Gasteiger partial charge is 0.303 e. The van der Waals surface area contributed by atoms with Gasteiger partial charge in [-0.3, -0.25) is 0 Å². The summed E-state index contributed by atoms with van der Waals surface area (Å²) in [6.45, 7) is 2.21. The number of unbranched alkanes of at least 4 members (excludes halogenated alkanes) is 3. The minimum atomic E-state index is 0.670. The smallest absolute Gasteiger partial charge is 0.119 e. The summed E-state index contributed by atoms with van der Waals surface area (Å²) in [5.74, 6) is 0. The maximum atomic E-state index is 10.0. The Morgan fingerprint density at radius 1 is 1.25 bits per heavy atom. The van der Waals surface area contributed by atoms with E-state index in [0.29, 0.717) is 4.83 Å². The molecule has 0 aromatic carbocycles. The molecular weight excluding hydrogens is 216 g/mol. The van der Waals surface area contributed by atoms with E-state index in [1.807, 2.05) is 0 Å². The summed E-state index contributed by atoms with van der Waals surface area (Å²) in [6.07, 6.45) is 9.05. The highest BCUT2D eigenvalue weighted by molar-refractivity contribution is 9.09. The van der Waals surface area contributed by atoms with Gasteiger partial charge in [0.1, 0.15) is 6.29 Å². The van der Waals surface area contributed by atoms with Gasteiger partial charge in [0.15, 0.2) is 0 Å². The molecule has 12 heavy (non-hydrogen) atoms. The molecule has 0 rings (SSSR count). The molecule has 0 radical (unpaired) electrons. The molecule has 0 aliphatic carbocycles. The van der Waals surface area contributed by atoms with Crippen molar-refractivity contribution in [2.45, 2.75) is 56.7 Å². The molecule has 1 nitrogen and oxygen atoms in total. The Labute approximate surface area is 84.1 Å². The van der Waals surface area contributed by atoms with Crippen LogP contribution in [0.25, 0.3) is 0 Å². The number of carbonyl (C=O) groups is 1. The van der Waals surface area contributed by atoms with Crippen molar-refractivity contribution in [2.24, 2.45) is 0 Å². The van der Waals surface area contributed by atoms with Crippen LogP contribution in [0.4, 0.5) is 0 Å². The second-order valence-corrected chi connectivity index (χ2v) is 4.49. The number of carbonyl (C=O) groups excluding carboxylic acids is 1. The highest BCUT2D eigenvalue weighted by Gasteiger charge is 2.01. The zero-order valence-corrected chi connectivity index (χ0v) is 9.48. The van der Waals surface area contributed by atoms with Gasteiger partial charge in [0, 0.05) is 11.2 Å². The summed E-state index contributed by atoms with van der Waals surface area (Å²) < 4.78 is 0. The molecule has 1 atom stereocenters. The fraction of sp³-hybridized carbons (Fsp3) is 0.900. The topological polar surface area (TPSA) is 17.1 Å². The summed E-state index contributed by atoms with van der Waals surface area (Å²) >= 11 is 3.64. The third-order valence-electron chi connectivity index (χ3n) is 1.96. The first-order chi connectivity index (χ1) is 5.81. The molecule has 72 valence electrons. The van der Waals surface area contributed by atoms with Gasteiger partial charge in [-0.2, -0.15) is 0 Å². The number of hydrogen-bond acceptors (Lipinski definition) is 1. The standard InChI is InChI=1S/C10H19BrO/c1-2-3-7-10(11)8-5-4-6-9-12/h9-10H,2-8H2,1H3. The van der Waals surface area contributed by atoms with E-state index in [1.165, 1.54) is 32.1 Å². The number of hydrogen-bond donors (Lipinski definition) is 0. The molecule has 0 saturated heterocycles. The van der Waals surface area contributed by atoms with Gasteiger partial charge in [-0.1, -0.05) is 42.1 Å². The van der Waals surface area contributed by atoms with Crippen LogP contribution in [0.3, 0.4) is 0 Å². The summed E-state index contributed by atoms with van der Waals surface area (Å²) in [5.41, 5.74) is 0. The summed E-state index contributed by atoms with van der Waals surface area (Å²) in [5, 5.41) is 0. The highest BCUT2D eigenvalue weighted by atomic mass is 79.9. The molecule has 0 fully saturated rings. The molecule has 0 spiro atoms. The number of alkyl halides is 1. The molecule has 0 aliphatic heterocycles. The van der Waals surface area contributed by atoms with Crippen molar-refractivity contribution >= 4 is 22.2 Å². The maximum Gasteiger partial charge on any atom is 0.119 e. The lowest BCUT2D eigenvalue weighted by Gasteiger charge is -2.07. The van der Waals surface area contributed by atoms with Crippen molar-refractivity contribution in [2.75, 3.05) is 0 Å². The maximum absolute atomic E-state index is 10.0. The van der Waals surface area contributed by atoms with Crippen LogP contribution in [0.1, 0.15) is 51.9 Å². The summed E-state index contributed by atoms with van der Waals surface area (Å²) in [7, 11) is 0. The van der Waals surface area contributed by atoms with Crippen molar-refractivity contribution in [1.82, 2.24) is 0 Å². The van der Waals surface area contributed by atoms with E-state index >= 15 is 0 Å². The van der Waals surface area contributed by atoms with E-state index in [2.05, 4.69) is 22.9 Å². The lowest BCUT2D eigenvalue weighted by molar-refractivity contribution is -0.107. The van der Waals surface area contributed by atoms with Gasteiger partial charge in [-0.15, -0.1) is 0 Å². The van der Waals surface area contributed by atoms with Gasteiger partial charge in [-0.25, -0.2) is 0 Å². The zero-order valence-electron chi connectivity index (χ0n) is 7.89. The average Bonchev–Trinajstić information content (AvgIpc) is 2.09. The van der Waals surface area contributed by atoms with E-state index in [0.717, 1.165) is 19.1 Å². The van der Waals surface area contributed by atoms with E-state index in [4.69, 9.17) is 0 Å². The number of aldehydes is 1. The first-order valence-corrected chi connectivity index (χ1v) is 5.80. The van der Waals surface area contributed by atoms with Crippen LogP contribution in [0.2, 0.25) is 0 Å². The molecule has 0 aromatic rings. The van der Waals surface area contributed by atoms with Crippen LogP contribution >= 0.6 is 15.9 Å². The normalized spacial score (nSPS) is 12.8. The van der Waals surface area contributed by atoms with Gasteiger partial charge in [0.25, 0.3) is 0 Å². The monoisotopic (exact) mass is 234 g/mol. The fourth-order valence-corrected chi connectivity index (χ4v) is 1.81. The predicted octanol–water partition coefficient (Wildman–Crippen LogP) is 3.70. The van der Waals surface area contributed by atoms with E-state index in [-0.39, 0.29) is 0 Å². The Bertz CT molecular complexity index is 104. The van der Waals surface area contributed by atoms with Crippen molar-refractivity contribution in [3.63, 3.8) is 0 Å². The van der Waals surface area contributed by atoms with Crippen molar-refractivity contribution in [3.05, 3.63) is 0 Å². The van der Waals surface area contributed by atoms with Crippen LogP contribution < -0.4 is 0 Å². The predicted molar refractivity (Wildman–Crippen MR) is 56.8 cm³/mol. The quantitative estimate of drug-likeness (QED) is 0.356. The van der Waals surface area contributed by atoms with Gasteiger partial charge in [0.05, 0.1) is 0 Å². The van der Waals surface area contributed by atoms with Crippen molar-refractivity contribution in [3.8, 4) is 0 Å². The second kappa shape index (κ2) is 9.24. The number of rotatable bonds is 8. The summed E-state index contributed by atoms with van der Waals surface area (Å²) in [6, 6.07) is 0. The Balaban J connectivity index is 3.07. The Morgan fingerprint density at radius 3 is 2.50 bits per heavy atom. The molecule has 0 heterocycles. The van der Waals surface area contributed by atoms with Gasteiger partial charge in [-0.05, 0) is 19.3 Å². The SMILES string of the molecule is CCCCC(Br)CCCCC=O. The first-order valence-electron chi connectivity index (χ1n) is 4.89. The third kappa shape index (κ3) is 8.25. The van der Waals surface area contributed by atoms with Crippen LogP contribution in [0, 0.1) is 0 Å². The highest BCUT2D eigenvalue weighted by Crippen LogP contribution is 2.16. The molecule has 0 N–H and O–H groups in total. The minimum absolute atomic E-state index is 0.670. The van der Waals surface area contributed by atoms with E-state index < -0.39 is 0 Å². The Kier molecular flexibility index (Phi) is 9.36. The average molecular weight is 235 g/mol. The molecule has 2 heteroatoms. The van der Waals surface area contributed by atoms with Gasteiger partial charge < -0.3 is 4.79 Å². The van der Waals surface area contributed by atoms with Crippen molar-refractivity contribution < 1.29 is 4.79 Å². The third-order valence-corrected chi connectivity index (χ3v) is 2.88. The van der Waals surface area contributed by atoms with Gasteiger partial charge in [0.2, 0.25) is 0 Å². The Hall–Kier alpha value is 0.150. The molecule has 0 aliphatic rings.